The zero-order valence-electron chi connectivity index (χ0n) is 13.1. The maximum absolute atomic E-state index is 11.5. The van der Waals surface area contributed by atoms with Crippen LogP contribution >= 0.6 is 0 Å². The lowest BCUT2D eigenvalue weighted by Gasteiger charge is -2.31. The van der Waals surface area contributed by atoms with Gasteiger partial charge >= 0.3 is 5.69 Å². The largest absolute Gasteiger partial charge is 0.360 e. The summed E-state index contributed by atoms with van der Waals surface area (Å²) in [4.78, 5) is 21.3. The van der Waals surface area contributed by atoms with Crippen LogP contribution in [0.15, 0.2) is 6.33 Å². The maximum Gasteiger partial charge on any atom is 0.353 e. The summed E-state index contributed by atoms with van der Waals surface area (Å²) in [6.07, 6.45) is 3.46. The van der Waals surface area contributed by atoms with E-state index in [1.54, 1.807) is 0 Å². The molecule has 1 saturated heterocycles. The van der Waals surface area contributed by atoms with Crippen LogP contribution in [0.2, 0.25) is 0 Å². The molecule has 2 rings (SSSR count). The molecule has 7 heteroatoms. The molecule has 0 aromatic carbocycles. The molecule has 1 fully saturated rings. The van der Waals surface area contributed by atoms with Gasteiger partial charge in [-0.2, -0.15) is 0 Å². The molecule has 0 atom stereocenters. The monoisotopic (exact) mass is 293 g/mol. The molecule has 0 radical (unpaired) electrons. The Kier molecular flexibility index (Phi) is 4.29. The van der Waals surface area contributed by atoms with Gasteiger partial charge in [-0.15, -0.1) is 0 Å². The fourth-order valence-electron chi connectivity index (χ4n) is 2.44. The molecular formula is C14H23N5O2. The Morgan fingerprint density at radius 3 is 2.48 bits per heavy atom. The Hall–Kier alpha value is -1.92. The zero-order valence-corrected chi connectivity index (χ0v) is 13.1. The van der Waals surface area contributed by atoms with E-state index in [2.05, 4.69) is 22.2 Å². The van der Waals surface area contributed by atoms with E-state index in [4.69, 9.17) is 0 Å². The second-order valence-electron chi connectivity index (χ2n) is 6.70. The predicted molar refractivity (Wildman–Crippen MR) is 82.7 cm³/mol. The number of aromatic nitrogens is 2. The third-order valence-electron chi connectivity index (χ3n) is 3.56. The van der Waals surface area contributed by atoms with E-state index in [0.717, 1.165) is 25.9 Å². The van der Waals surface area contributed by atoms with Crippen molar-refractivity contribution in [2.45, 2.75) is 46.1 Å². The molecule has 0 spiro atoms. The van der Waals surface area contributed by atoms with E-state index in [-0.39, 0.29) is 22.0 Å². The van der Waals surface area contributed by atoms with Crippen LogP contribution in [-0.4, -0.2) is 33.5 Å². The van der Waals surface area contributed by atoms with Crippen molar-refractivity contribution in [3.05, 3.63) is 16.4 Å². The first-order valence-electron chi connectivity index (χ1n) is 7.30. The first kappa shape index (κ1) is 15.5. The number of nitro groups is 1. The topological polar surface area (TPSA) is 84.2 Å². The molecule has 0 unspecified atom stereocenters. The van der Waals surface area contributed by atoms with Gasteiger partial charge in [0.1, 0.15) is 6.33 Å². The second kappa shape index (κ2) is 5.83. The highest BCUT2D eigenvalue weighted by Crippen LogP contribution is 2.34. The zero-order chi connectivity index (χ0) is 15.6. The first-order valence-corrected chi connectivity index (χ1v) is 7.30. The lowest BCUT2D eigenvalue weighted by atomic mass is 9.99. The van der Waals surface area contributed by atoms with Gasteiger partial charge in [0.15, 0.2) is 0 Å². The van der Waals surface area contributed by atoms with E-state index in [1.165, 1.54) is 6.33 Å². The fourth-order valence-corrected chi connectivity index (χ4v) is 2.44. The summed E-state index contributed by atoms with van der Waals surface area (Å²) in [7, 11) is 0. The second-order valence-corrected chi connectivity index (χ2v) is 6.70. The van der Waals surface area contributed by atoms with E-state index in [1.807, 2.05) is 25.7 Å². The third-order valence-corrected chi connectivity index (χ3v) is 3.56. The van der Waals surface area contributed by atoms with Gasteiger partial charge in [0, 0.05) is 18.6 Å². The molecule has 21 heavy (non-hydrogen) atoms. The smallest absolute Gasteiger partial charge is 0.353 e. The highest BCUT2D eigenvalue weighted by atomic mass is 16.6. The Balaban J connectivity index is 2.37. The minimum atomic E-state index is -0.387. The molecule has 1 aliphatic heterocycles. The summed E-state index contributed by atoms with van der Waals surface area (Å²) in [5, 5.41) is 14.6. The van der Waals surface area contributed by atoms with Gasteiger partial charge in [0.25, 0.3) is 0 Å². The lowest BCUT2D eigenvalue weighted by Crippen LogP contribution is -2.34. The normalized spacial score (nSPS) is 16.9. The molecular weight excluding hydrogens is 270 g/mol. The molecule has 1 N–H and O–H groups in total. The molecule has 1 aromatic heterocycles. The highest BCUT2D eigenvalue weighted by molar-refractivity contribution is 5.70. The molecule has 116 valence electrons. The van der Waals surface area contributed by atoms with Crippen LogP contribution in [0.3, 0.4) is 0 Å². The van der Waals surface area contributed by atoms with Crippen molar-refractivity contribution in [2.24, 2.45) is 5.92 Å². The van der Waals surface area contributed by atoms with Crippen LogP contribution in [0.4, 0.5) is 17.3 Å². The molecule has 2 heterocycles. The predicted octanol–water partition coefficient (Wildman–Crippen LogP) is 2.83. The van der Waals surface area contributed by atoms with Gasteiger partial charge in [-0.25, -0.2) is 9.97 Å². The van der Waals surface area contributed by atoms with E-state index in [0.29, 0.717) is 11.7 Å². The number of rotatable bonds is 3. The Bertz CT molecular complexity index is 519. The van der Waals surface area contributed by atoms with Crippen LogP contribution in [0.1, 0.15) is 40.5 Å². The standard InChI is InChI=1S/C14H23N5O2/c1-10-5-7-18(8-6-10)13-11(19(20)21)12(15-9-16-13)17-14(2,3)4/h9-10H,5-8H2,1-4H3,(H,15,16,17). The van der Waals surface area contributed by atoms with Crippen molar-refractivity contribution in [3.8, 4) is 0 Å². The number of hydrogen-bond donors (Lipinski definition) is 1. The summed E-state index contributed by atoms with van der Waals surface area (Å²) < 4.78 is 0. The van der Waals surface area contributed by atoms with E-state index in [9.17, 15) is 10.1 Å². The Morgan fingerprint density at radius 1 is 1.33 bits per heavy atom. The Labute approximate surface area is 124 Å². The van der Waals surface area contributed by atoms with Crippen LogP contribution in [-0.2, 0) is 0 Å². The maximum atomic E-state index is 11.5. The molecule has 0 amide bonds. The summed E-state index contributed by atoms with van der Waals surface area (Å²) in [6, 6.07) is 0. The molecule has 0 bridgehead atoms. The minimum absolute atomic E-state index is 0.0259. The average Bonchev–Trinajstić information content (AvgIpc) is 2.37. The molecule has 7 nitrogen and oxygen atoms in total. The first-order chi connectivity index (χ1) is 9.78. The molecule has 0 aliphatic carbocycles. The number of piperidine rings is 1. The van der Waals surface area contributed by atoms with Crippen LogP contribution in [0.25, 0.3) is 0 Å². The number of nitrogens with one attached hydrogen (secondary N) is 1. The Morgan fingerprint density at radius 2 is 1.95 bits per heavy atom. The van der Waals surface area contributed by atoms with Crippen molar-refractivity contribution >= 4 is 17.3 Å². The molecule has 1 aliphatic rings. The van der Waals surface area contributed by atoms with Crippen molar-refractivity contribution in [1.82, 2.24) is 9.97 Å². The lowest BCUT2D eigenvalue weighted by molar-refractivity contribution is -0.383. The van der Waals surface area contributed by atoms with E-state index < -0.39 is 0 Å². The van der Waals surface area contributed by atoms with Gasteiger partial charge in [0.05, 0.1) is 4.92 Å². The average molecular weight is 293 g/mol. The van der Waals surface area contributed by atoms with Gasteiger partial charge in [0.2, 0.25) is 11.6 Å². The minimum Gasteiger partial charge on any atom is -0.360 e. The summed E-state index contributed by atoms with van der Waals surface area (Å²) in [5.41, 5.74) is -0.325. The highest BCUT2D eigenvalue weighted by Gasteiger charge is 2.30. The van der Waals surface area contributed by atoms with Crippen molar-refractivity contribution in [1.29, 1.82) is 0 Å². The number of anilines is 2. The molecule has 0 saturated carbocycles. The number of nitrogens with zero attached hydrogens (tertiary/aromatic N) is 4. The van der Waals surface area contributed by atoms with Gasteiger partial charge in [-0.05, 0) is 39.5 Å². The summed E-state index contributed by atoms with van der Waals surface area (Å²) >= 11 is 0. The number of hydrogen-bond acceptors (Lipinski definition) is 6. The van der Waals surface area contributed by atoms with Gasteiger partial charge in [-0.3, -0.25) is 10.1 Å². The van der Waals surface area contributed by atoms with Crippen LogP contribution in [0.5, 0.6) is 0 Å². The fraction of sp³-hybridized carbons (Fsp3) is 0.714. The van der Waals surface area contributed by atoms with Crippen LogP contribution in [0, 0.1) is 16.0 Å². The van der Waals surface area contributed by atoms with Crippen molar-refractivity contribution < 1.29 is 4.92 Å². The quantitative estimate of drug-likeness (QED) is 0.681. The van der Waals surface area contributed by atoms with Crippen molar-refractivity contribution in [2.75, 3.05) is 23.3 Å². The third kappa shape index (κ3) is 3.80. The van der Waals surface area contributed by atoms with Gasteiger partial charge < -0.3 is 10.2 Å². The summed E-state index contributed by atoms with van der Waals surface area (Å²) in [5.74, 6) is 1.37. The van der Waals surface area contributed by atoms with E-state index >= 15 is 0 Å². The SMILES string of the molecule is CC1CCN(c2ncnc(NC(C)(C)C)c2[N+](=O)[O-])CC1. The van der Waals surface area contributed by atoms with Crippen LogP contribution < -0.4 is 10.2 Å². The molecule has 1 aromatic rings. The van der Waals surface area contributed by atoms with Crippen molar-refractivity contribution in [3.63, 3.8) is 0 Å². The summed E-state index contributed by atoms with van der Waals surface area (Å²) in [6.45, 7) is 9.64. The van der Waals surface area contributed by atoms with Gasteiger partial charge in [-0.1, -0.05) is 6.92 Å².